The van der Waals surface area contributed by atoms with Gasteiger partial charge in [-0.2, -0.15) is 0 Å². The Labute approximate surface area is 165 Å². The number of ether oxygens (including phenoxy) is 2. The first kappa shape index (κ1) is 18.5. The summed E-state index contributed by atoms with van der Waals surface area (Å²) < 4.78 is 25.9. The minimum absolute atomic E-state index is 0.263. The largest absolute Gasteiger partial charge is 0.490 e. The standard InChI is InChI=1S/C24H24FNO2/c25-21-14-20(15-24(16-21)27-17-18-4-2-1-3-5-18)19-6-8-22(9-7-19)28-23-10-12-26-13-11-23/h1-9,14-16,23,26H,10-13,17H2. The van der Waals surface area contributed by atoms with E-state index in [1.165, 1.54) is 12.1 Å². The van der Waals surface area contributed by atoms with Crippen molar-refractivity contribution in [1.29, 1.82) is 0 Å². The van der Waals surface area contributed by atoms with E-state index in [0.717, 1.165) is 48.4 Å². The lowest BCUT2D eigenvalue weighted by atomic mass is 10.0. The second-order valence-corrected chi connectivity index (χ2v) is 7.04. The van der Waals surface area contributed by atoms with Gasteiger partial charge in [0.25, 0.3) is 0 Å². The Balaban J connectivity index is 1.45. The maximum absolute atomic E-state index is 14.1. The van der Waals surface area contributed by atoms with Crippen LogP contribution in [-0.4, -0.2) is 19.2 Å². The SMILES string of the molecule is Fc1cc(OCc2ccccc2)cc(-c2ccc(OC3CCNCC3)cc2)c1. The van der Waals surface area contributed by atoms with Crippen LogP contribution in [0.15, 0.2) is 72.8 Å². The van der Waals surface area contributed by atoms with Gasteiger partial charge < -0.3 is 14.8 Å². The lowest BCUT2D eigenvalue weighted by Gasteiger charge is -2.23. The van der Waals surface area contributed by atoms with Crippen LogP contribution >= 0.6 is 0 Å². The van der Waals surface area contributed by atoms with E-state index in [0.29, 0.717) is 12.4 Å². The molecular formula is C24H24FNO2. The fourth-order valence-corrected chi connectivity index (χ4v) is 3.39. The summed E-state index contributed by atoms with van der Waals surface area (Å²) in [7, 11) is 0. The number of piperidine rings is 1. The first-order chi connectivity index (χ1) is 13.8. The van der Waals surface area contributed by atoms with Gasteiger partial charge in [0.1, 0.15) is 30.0 Å². The van der Waals surface area contributed by atoms with Gasteiger partial charge in [-0.05, 0) is 66.9 Å². The molecule has 0 radical (unpaired) electrons. The van der Waals surface area contributed by atoms with Gasteiger partial charge in [0, 0.05) is 6.07 Å². The number of hydrogen-bond donors (Lipinski definition) is 1. The van der Waals surface area contributed by atoms with Crippen LogP contribution in [0, 0.1) is 5.82 Å². The summed E-state index contributed by atoms with van der Waals surface area (Å²) >= 11 is 0. The Morgan fingerprint density at radius 2 is 1.57 bits per heavy atom. The van der Waals surface area contributed by atoms with Crippen molar-refractivity contribution in [3.8, 4) is 22.6 Å². The Morgan fingerprint density at radius 3 is 2.32 bits per heavy atom. The third-order valence-electron chi connectivity index (χ3n) is 4.90. The molecule has 0 aliphatic carbocycles. The summed E-state index contributed by atoms with van der Waals surface area (Å²) in [5, 5.41) is 3.33. The lowest BCUT2D eigenvalue weighted by Crippen LogP contribution is -2.34. The summed E-state index contributed by atoms with van der Waals surface area (Å²) in [6.45, 7) is 2.41. The zero-order valence-electron chi connectivity index (χ0n) is 15.7. The number of halogens is 1. The average Bonchev–Trinajstić information content (AvgIpc) is 2.74. The molecule has 28 heavy (non-hydrogen) atoms. The highest BCUT2D eigenvalue weighted by atomic mass is 19.1. The Hall–Kier alpha value is -2.85. The highest BCUT2D eigenvalue weighted by Crippen LogP contribution is 2.28. The third-order valence-corrected chi connectivity index (χ3v) is 4.90. The number of rotatable bonds is 6. The molecule has 144 valence electrons. The van der Waals surface area contributed by atoms with E-state index in [1.807, 2.05) is 60.7 Å². The predicted molar refractivity (Wildman–Crippen MR) is 109 cm³/mol. The molecule has 0 spiro atoms. The van der Waals surface area contributed by atoms with Gasteiger partial charge in [0.05, 0.1) is 0 Å². The monoisotopic (exact) mass is 377 g/mol. The third kappa shape index (κ3) is 4.90. The summed E-state index contributed by atoms with van der Waals surface area (Å²) in [5.41, 5.74) is 2.77. The van der Waals surface area contributed by atoms with Crippen molar-refractivity contribution >= 4 is 0 Å². The van der Waals surface area contributed by atoms with Crippen LogP contribution in [0.4, 0.5) is 4.39 Å². The number of hydrogen-bond acceptors (Lipinski definition) is 3. The molecule has 3 aromatic rings. The van der Waals surface area contributed by atoms with Crippen molar-refractivity contribution in [2.75, 3.05) is 13.1 Å². The fraction of sp³-hybridized carbons (Fsp3) is 0.250. The zero-order valence-corrected chi connectivity index (χ0v) is 15.7. The van der Waals surface area contributed by atoms with Gasteiger partial charge in [-0.25, -0.2) is 4.39 Å². The van der Waals surface area contributed by atoms with Gasteiger partial charge >= 0.3 is 0 Å². The summed E-state index contributed by atoms with van der Waals surface area (Å²) in [6, 6.07) is 22.5. The van der Waals surface area contributed by atoms with E-state index in [-0.39, 0.29) is 11.9 Å². The molecule has 3 aromatic carbocycles. The zero-order chi connectivity index (χ0) is 19.2. The Morgan fingerprint density at radius 1 is 0.821 bits per heavy atom. The second kappa shape index (κ2) is 8.89. The number of benzene rings is 3. The van der Waals surface area contributed by atoms with Crippen LogP contribution in [-0.2, 0) is 6.61 Å². The van der Waals surface area contributed by atoms with Crippen molar-refractivity contribution in [2.45, 2.75) is 25.6 Å². The van der Waals surface area contributed by atoms with Crippen LogP contribution in [0.5, 0.6) is 11.5 Å². The van der Waals surface area contributed by atoms with Gasteiger partial charge in [-0.1, -0.05) is 42.5 Å². The van der Waals surface area contributed by atoms with Crippen LogP contribution < -0.4 is 14.8 Å². The van der Waals surface area contributed by atoms with Crippen LogP contribution in [0.25, 0.3) is 11.1 Å². The highest BCUT2D eigenvalue weighted by Gasteiger charge is 2.14. The molecule has 4 heteroatoms. The molecule has 0 bridgehead atoms. The van der Waals surface area contributed by atoms with E-state index < -0.39 is 0 Å². The normalized spacial score (nSPS) is 14.6. The first-order valence-electron chi connectivity index (χ1n) is 9.71. The molecular weight excluding hydrogens is 353 g/mol. The maximum Gasteiger partial charge on any atom is 0.127 e. The molecule has 3 nitrogen and oxygen atoms in total. The Kier molecular flexibility index (Phi) is 5.88. The van der Waals surface area contributed by atoms with E-state index in [2.05, 4.69) is 5.32 Å². The fourth-order valence-electron chi connectivity index (χ4n) is 3.39. The van der Waals surface area contributed by atoms with Gasteiger partial charge in [0.2, 0.25) is 0 Å². The van der Waals surface area contributed by atoms with Crippen LogP contribution in [0.2, 0.25) is 0 Å². The minimum Gasteiger partial charge on any atom is -0.490 e. The van der Waals surface area contributed by atoms with Crippen molar-refractivity contribution in [1.82, 2.24) is 5.32 Å². The molecule has 1 heterocycles. The topological polar surface area (TPSA) is 30.5 Å². The second-order valence-electron chi connectivity index (χ2n) is 7.04. The highest BCUT2D eigenvalue weighted by molar-refractivity contribution is 5.66. The van der Waals surface area contributed by atoms with Crippen LogP contribution in [0.1, 0.15) is 18.4 Å². The smallest absolute Gasteiger partial charge is 0.127 e. The Bertz CT molecular complexity index is 890. The molecule has 0 unspecified atom stereocenters. The molecule has 1 aliphatic rings. The number of nitrogens with one attached hydrogen (secondary N) is 1. The summed E-state index contributed by atoms with van der Waals surface area (Å²) in [6.07, 6.45) is 2.31. The molecule has 4 rings (SSSR count). The maximum atomic E-state index is 14.1. The first-order valence-corrected chi connectivity index (χ1v) is 9.71. The summed E-state index contributed by atoms with van der Waals surface area (Å²) in [5.74, 6) is 1.07. The van der Waals surface area contributed by atoms with Crippen molar-refractivity contribution in [2.24, 2.45) is 0 Å². The quantitative estimate of drug-likeness (QED) is 0.640. The van der Waals surface area contributed by atoms with E-state index in [4.69, 9.17) is 9.47 Å². The minimum atomic E-state index is -0.310. The molecule has 0 atom stereocenters. The van der Waals surface area contributed by atoms with E-state index in [9.17, 15) is 4.39 Å². The van der Waals surface area contributed by atoms with Crippen LogP contribution in [0.3, 0.4) is 0 Å². The van der Waals surface area contributed by atoms with Gasteiger partial charge in [-0.3, -0.25) is 0 Å². The van der Waals surface area contributed by atoms with Crippen molar-refractivity contribution < 1.29 is 13.9 Å². The molecule has 1 fully saturated rings. The predicted octanol–water partition coefficient (Wildman–Crippen LogP) is 5.20. The molecule has 0 saturated carbocycles. The van der Waals surface area contributed by atoms with E-state index >= 15 is 0 Å². The lowest BCUT2D eigenvalue weighted by molar-refractivity contribution is 0.162. The molecule has 0 aromatic heterocycles. The summed E-state index contributed by atoms with van der Waals surface area (Å²) in [4.78, 5) is 0. The van der Waals surface area contributed by atoms with E-state index in [1.54, 1.807) is 0 Å². The molecule has 1 aliphatic heterocycles. The van der Waals surface area contributed by atoms with Gasteiger partial charge in [-0.15, -0.1) is 0 Å². The molecule has 0 amide bonds. The average molecular weight is 377 g/mol. The van der Waals surface area contributed by atoms with Crippen molar-refractivity contribution in [3.63, 3.8) is 0 Å². The van der Waals surface area contributed by atoms with Crippen molar-refractivity contribution in [3.05, 3.63) is 84.2 Å². The molecule has 1 saturated heterocycles. The molecule has 1 N–H and O–H groups in total. The van der Waals surface area contributed by atoms with Gasteiger partial charge in [0.15, 0.2) is 0 Å².